The summed E-state index contributed by atoms with van der Waals surface area (Å²) in [6.45, 7) is 2.18. The summed E-state index contributed by atoms with van der Waals surface area (Å²) in [5, 5.41) is 2.62. The fourth-order valence-corrected chi connectivity index (χ4v) is 3.84. The summed E-state index contributed by atoms with van der Waals surface area (Å²) in [5.74, 6) is 0.363. The lowest BCUT2D eigenvalue weighted by atomic mass is 9.91. The normalized spacial score (nSPS) is 16.4. The number of aryl methyl sites for hydroxylation is 1. The van der Waals surface area contributed by atoms with E-state index in [2.05, 4.69) is 89.6 Å². The van der Waals surface area contributed by atoms with Crippen LogP contribution in [0.15, 0.2) is 65.1 Å². The largest absolute Gasteiger partial charge is 0.0720 e. The van der Waals surface area contributed by atoms with Gasteiger partial charge < -0.3 is 0 Å². The van der Waals surface area contributed by atoms with Crippen LogP contribution in [0.3, 0.4) is 0 Å². The van der Waals surface area contributed by atoms with Crippen molar-refractivity contribution in [2.75, 3.05) is 0 Å². The quantitative estimate of drug-likeness (QED) is 0.506. The van der Waals surface area contributed by atoms with Gasteiger partial charge in [0.15, 0.2) is 0 Å². The van der Waals surface area contributed by atoms with Crippen molar-refractivity contribution >= 4 is 32.8 Å². The smallest absolute Gasteiger partial charge is 0.0279 e. The van der Waals surface area contributed by atoms with Crippen molar-refractivity contribution in [2.45, 2.75) is 12.8 Å². The monoisotopic (exact) mass is 334 g/mol. The van der Waals surface area contributed by atoms with Gasteiger partial charge in [0.05, 0.1) is 0 Å². The van der Waals surface area contributed by atoms with Gasteiger partial charge >= 0.3 is 0 Å². The summed E-state index contributed by atoms with van der Waals surface area (Å²) in [6, 6.07) is 19.7. The molecule has 0 radical (unpaired) electrons. The van der Waals surface area contributed by atoms with E-state index in [1.807, 2.05) is 0 Å². The average Bonchev–Trinajstić information content (AvgIpc) is 2.92. The minimum Gasteiger partial charge on any atom is -0.0720 e. The second kappa shape index (κ2) is 4.85. The number of benzene rings is 3. The summed E-state index contributed by atoms with van der Waals surface area (Å²) in [6.07, 6.45) is 4.53. The highest BCUT2D eigenvalue weighted by molar-refractivity contribution is 9.10. The number of hydrogen-bond acceptors (Lipinski definition) is 0. The van der Waals surface area contributed by atoms with Gasteiger partial charge in [-0.3, -0.25) is 0 Å². The Bertz CT molecular complexity index is 874. The van der Waals surface area contributed by atoms with Crippen LogP contribution in [0.2, 0.25) is 0 Å². The van der Waals surface area contributed by atoms with Gasteiger partial charge in [-0.15, -0.1) is 0 Å². The molecule has 1 atom stereocenters. The zero-order valence-corrected chi connectivity index (χ0v) is 13.4. The van der Waals surface area contributed by atoms with E-state index in [0.29, 0.717) is 5.92 Å². The standard InChI is InChI=1S/C20H15Br/c1-13-5-4-8-18-19(13)11-15(12-20(18)21)17-10-9-14-6-2-3-7-16(14)17/h2-12,17H,1H3. The van der Waals surface area contributed by atoms with E-state index in [4.69, 9.17) is 0 Å². The summed E-state index contributed by atoms with van der Waals surface area (Å²) >= 11 is 3.74. The molecule has 0 heterocycles. The third kappa shape index (κ3) is 2.04. The Morgan fingerprint density at radius 2 is 1.76 bits per heavy atom. The number of rotatable bonds is 1. The first-order valence-corrected chi connectivity index (χ1v) is 7.99. The van der Waals surface area contributed by atoms with E-state index in [1.165, 1.54) is 37.5 Å². The van der Waals surface area contributed by atoms with Crippen molar-refractivity contribution in [3.63, 3.8) is 0 Å². The van der Waals surface area contributed by atoms with Gasteiger partial charge in [0.2, 0.25) is 0 Å². The molecule has 1 aliphatic carbocycles. The zero-order valence-electron chi connectivity index (χ0n) is 11.8. The Morgan fingerprint density at radius 3 is 2.67 bits per heavy atom. The van der Waals surface area contributed by atoms with Crippen LogP contribution in [0, 0.1) is 6.92 Å². The lowest BCUT2D eigenvalue weighted by Gasteiger charge is -2.14. The minimum atomic E-state index is 0.363. The number of fused-ring (bicyclic) bond motifs is 2. The van der Waals surface area contributed by atoms with E-state index in [9.17, 15) is 0 Å². The molecule has 1 unspecified atom stereocenters. The Balaban J connectivity index is 1.93. The Hall–Kier alpha value is -1.86. The van der Waals surface area contributed by atoms with E-state index in [1.54, 1.807) is 0 Å². The van der Waals surface area contributed by atoms with Crippen LogP contribution in [0.1, 0.15) is 28.2 Å². The molecular weight excluding hydrogens is 320 g/mol. The second-order valence-electron chi connectivity index (χ2n) is 5.64. The zero-order chi connectivity index (χ0) is 14.4. The molecule has 3 aromatic carbocycles. The maximum atomic E-state index is 3.74. The maximum absolute atomic E-state index is 3.74. The van der Waals surface area contributed by atoms with Crippen molar-refractivity contribution in [2.24, 2.45) is 0 Å². The van der Waals surface area contributed by atoms with Crippen LogP contribution < -0.4 is 0 Å². The van der Waals surface area contributed by atoms with Crippen molar-refractivity contribution in [1.82, 2.24) is 0 Å². The molecule has 0 saturated carbocycles. The number of halogens is 1. The maximum Gasteiger partial charge on any atom is 0.0279 e. The van der Waals surface area contributed by atoms with Crippen LogP contribution in [-0.4, -0.2) is 0 Å². The fourth-order valence-electron chi connectivity index (χ4n) is 3.23. The molecular formula is C20H15Br. The van der Waals surface area contributed by atoms with Gasteiger partial charge in [-0.25, -0.2) is 0 Å². The van der Waals surface area contributed by atoms with Crippen LogP contribution in [0.5, 0.6) is 0 Å². The number of hydrogen-bond donors (Lipinski definition) is 0. The van der Waals surface area contributed by atoms with Gasteiger partial charge in [0, 0.05) is 10.4 Å². The minimum absolute atomic E-state index is 0.363. The summed E-state index contributed by atoms with van der Waals surface area (Å²) in [5.41, 5.74) is 5.41. The predicted molar refractivity (Wildman–Crippen MR) is 93.7 cm³/mol. The molecule has 0 bridgehead atoms. The van der Waals surface area contributed by atoms with Crippen LogP contribution in [-0.2, 0) is 0 Å². The Morgan fingerprint density at radius 1 is 0.905 bits per heavy atom. The molecule has 0 nitrogen and oxygen atoms in total. The molecule has 0 N–H and O–H groups in total. The Labute approximate surface area is 133 Å². The molecule has 0 aliphatic heterocycles. The van der Waals surface area contributed by atoms with Crippen molar-refractivity contribution in [3.05, 3.63) is 87.4 Å². The first-order valence-electron chi connectivity index (χ1n) is 7.20. The van der Waals surface area contributed by atoms with Gasteiger partial charge in [0.25, 0.3) is 0 Å². The molecule has 4 rings (SSSR count). The third-order valence-electron chi connectivity index (χ3n) is 4.34. The molecule has 102 valence electrons. The van der Waals surface area contributed by atoms with Crippen LogP contribution in [0.25, 0.3) is 16.8 Å². The molecule has 0 aromatic heterocycles. The molecule has 0 amide bonds. The molecule has 0 fully saturated rings. The molecule has 1 heteroatoms. The molecule has 0 spiro atoms. The van der Waals surface area contributed by atoms with Gasteiger partial charge in [-0.2, -0.15) is 0 Å². The SMILES string of the molecule is Cc1cccc2c(Br)cc(C3C=Cc4ccccc43)cc12. The second-order valence-corrected chi connectivity index (χ2v) is 6.49. The van der Waals surface area contributed by atoms with Crippen LogP contribution in [0.4, 0.5) is 0 Å². The van der Waals surface area contributed by atoms with Gasteiger partial charge in [-0.05, 0) is 52.1 Å². The average molecular weight is 335 g/mol. The first kappa shape index (κ1) is 12.8. The van der Waals surface area contributed by atoms with E-state index in [0.717, 1.165) is 0 Å². The number of allylic oxidation sites excluding steroid dienone is 1. The first-order chi connectivity index (χ1) is 10.2. The predicted octanol–water partition coefficient (Wildman–Crippen LogP) is 6.07. The third-order valence-corrected chi connectivity index (χ3v) is 5.00. The van der Waals surface area contributed by atoms with E-state index in [-0.39, 0.29) is 0 Å². The van der Waals surface area contributed by atoms with Crippen molar-refractivity contribution in [1.29, 1.82) is 0 Å². The lowest BCUT2D eigenvalue weighted by Crippen LogP contribution is -1.96. The topological polar surface area (TPSA) is 0 Å². The van der Waals surface area contributed by atoms with E-state index < -0.39 is 0 Å². The van der Waals surface area contributed by atoms with Crippen molar-refractivity contribution in [3.8, 4) is 0 Å². The fraction of sp³-hybridized carbons (Fsp3) is 0.100. The lowest BCUT2D eigenvalue weighted by molar-refractivity contribution is 1.05. The van der Waals surface area contributed by atoms with Gasteiger partial charge in [-0.1, -0.05) is 70.5 Å². The highest BCUT2D eigenvalue weighted by Gasteiger charge is 2.19. The van der Waals surface area contributed by atoms with Crippen molar-refractivity contribution < 1.29 is 0 Å². The van der Waals surface area contributed by atoms with Gasteiger partial charge in [0.1, 0.15) is 0 Å². The molecule has 1 aliphatic rings. The van der Waals surface area contributed by atoms with Crippen LogP contribution >= 0.6 is 15.9 Å². The molecule has 0 saturated heterocycles. The van der Waals surface area contributed by atoms with E-state index >= 15 is 0 Å². The molecule has 21 heavy (non-hydrogen) atoms. The highest BCUT2D eigenvalue weighted by atomic mass is 79.9. The summed E-state index contributed by atoms with van der Waals surface area (Å²) in [4.78, 5) is 0. The Kier molecular flexibility index (Phi) is 2.97. The molecule has 3 aromatic rings. The summed E-state index contributed by atoms with van der Waals surface area (Å²) in [7, 11) is 0. The summed E-state index contributed by atoms with van der Waals surface area (Å²) < 4.78 is 1.18. The highest BCUT2D eigenvalue weighted by Crippen LogP contribution is 2.38.